The van der Waals surface area contributed by atoms with Crippen LogP contribution in [0.1, 0.15) is 37.7 Å². The summed E-state index contributed by atoms with van der Waals surface area (Å²) in [7, 11) is 0. The first-order chi connectivity index (χ1) is 10.1. The number of hydrogen-bond acceptors (Lipinski definition) is 4. The van der Waals surface area contributed by atoms with Crippen LogP contribution < -0.4 is 10.6 Å². The molecule has 1 aromatic rings. The van der Waals surface area contributed by atoms with Crippen molar-refractivity contribution in [1.82, 2.24) is 15.2 Å². The highest BCUT2D eigenvalue weighted by Gasteiger charge is 2.24. The third-order valence-electron chi connectivity index (χ3n) is 3.97. The molecule has 1 saturated heterocycles. The maximum atomic E-state index is 12.2. The molecule has 0 aromatic carbocycles. The second-order valence-electron chi connectivity index (χ2n) is 5.91. The minimum Gasteiger partial charge on any atom is -0.385 e. The van der Waals surface area contributed by atoms with E-state index < -0.39 is 0 Å². The summed E-state index contributed by atoms with van der Waals surface area (Å²) < 4.78 is 0. The van der Waals surface area contributed by atoms with Gasteiger partial charge >= 0.3 is 0 Å². The molecule has 5 heteroatoms. The molecule has 5 nitrogen and oxygen atoms in total. The smallest absolute Gasteiger partial charge is 0.269 e. The number of nitrogens with zero attached hydrogens (tertiary/aromatic N) is 2. The van der Waals surface area contributed by atoms with Crippen LogP contribution in [0.3, 0.4) is 0 Å². The van der Waals surface area contributed by atoms with Crippen LogP contribution in [-0.2, 0) is 0 Å². The van der Waals surface area contributed by atoms with Crippen LogP contribution in [0.2, 0.25) is 0 Å². The van der Waals surface area contributed by atoms with E-state index in [1.54, 1.807) is 12.3 Å². The van der Waals surface area contributed by atoms with Crippen molar-refractivity contribution in [3.63, 3.8) is 0 Å². The number of nitrogens with one attached hydrogen (secondary N) is 2. The van der Waals surface area contributed by atoms with Crippen LogP contribution >= 0.6 is 0 Å². The lowest BCUT2D eigenvalue weighted by Crippen LogP contribution is -2.33. The van der Waals surface area contributed by atoms with Gasteiger partial charge in [-0.15, -0.1) is 0 Å². The Hall–Kier alpha value is -1.62. The van der Waals surface area contributed by atoms with E-state index in [-0.39, 0.29) is 5.91 Å². The Balaban J connectivity index is 1.83. The summed E-state index contributed by atoms with van der Waals surface area (Å²) in [6.07, 6.45) is 2.83. The van der Waals surface area contributed by atoms with E-state index in [4.69, 9.17) is 0 Å². The van der Waals surface area contributed by atoms with Crippen LogP contribution in [-0.4, -0.2) is 48.0 Å². The molecular weight excluding hydrogens is 264 g/mol. The lowest BCUT2D eigenvalue weighted by atomic mass is 10.1. The first kappa shape index (κ1) is 15.8. The molecule has 2 N–H and O–H groups in total. The van der Waals surface area contributed by atoms with Gasteiger partial charge in [0.2, 0.25) is 0 Å². The fourth-order valence-electron chi connectivity index (χ4n) is 2.69. The van der Waals surface area contributed by atoms with Gasteiger partial charge in [0.05, 0.1) is 0 Å². The second kappa shape index (κ2) is 7.41. The molecule has 1 atom stereocenters. The van der Waals surface area contributed by atoms with Crippen LogP contribution in [0, 0.1) is 5.92 Å². The summed E-state index contributed by atoms with van der Waals surface area (Å²) in [4.78, 5) is 18.8. The molecule has 0 spiro atoms. The first-order valence-corrected chi connectivity index (χ1v) is 7.82. The quantitative estimate of drug-likeness (QED) is 0.841. The number of pyridine rings is 1. The molecule has 116 valence electrons. The zero-order valence-electron chi connectivity index (χ0n) is 13.2. The molecule has 0 aliphatic carbocycles. The van der Waals surface area contributed by atoms with Crippen molar-refractivity contribution < 1.29 is 4.79 Å². The summed E-state index contributed by atoms with van der Waals surface area (Å²) in [5.41, 5.74) is 1.41. The highest BCUT2D eigenvalue weighted by Crippen LogP contribution is 2.17. The van der Waals surface area contributed by atoms with Gasteiger partial charge in [0.25, 0.3) is 5.91 Å². The van der Waals surface area contributed by atoms with E-state index in [0.29, 0.717) is 17.7 Å². The van der Waals surface area contributed by atoms with Crippen LogP contribution in [0.25, 0.3) is 0 Å². The monoisotopic (exact) mass is 290 g/mol. The number of carbonyl (C=O) groups is 1. The molecule has 1 aliphatic rings. The predicted molar refractivity (Wildman–Crippen MR) is 85.5 cm³/mol. The van der Waals surface area contributed by atoms with E-state index in [1.807, 2.05) is 13.0 Å². The number of rotatable bonds is 6. The molecule has 0 saturated carbocycles. The van der Waals surface area contributed by atoms with Crippen molar-refractivity contribution in [2.45, 2.75) is 33.2 Å². The Bertz CT molecular complexity index is 475. The largest absolute Gasteiger partial charge is 0.385 e. The van der Waals surface area contributed by atoms with E-state index in [2.05, 4.69) is 34.4 Å². The van der Waals surface area contributed by atoms with Crippen LogP contribution in [0.5, 0.6) is 0 Å². The van der Waals surface area contributed by atoms with Crippen LogP contribution in [0.15, 0.2) is 18.3 Å². The number of hydrogen-bond donors (Lipinski definition) is 2. The molecular formula is C16H26N4O. The van der Waals surface area contributed by atoms with Gasteiger partial charge in [0.1, 0.15) is 5.69 Å². The van der Waals surface area contributed by atoms with Gasteiger partial charge < -0.3 is 15.5 Å². The van der Waals surface area contributed by atoms with Gasteiger partial charge in [-0.1, -0.05) is 0 Å². The van der Waals surface area contributed by atoms with Gasteiger partial charge in [-0.2, -0.15) is 0 Å². The minimum atomic E-state index is -0.0854. The summed E-state index contributed by atoms with van der Waals surface area (Å²) in [5, 5.41) is 6.21. The first-order valence-electron chi connectivity index (χ1n) is 7.82. The molecule has 1 fully saturated rings. The van der Waals surface area contributed by atoms with Gasteiger partial charge in [0.15, 0.2) is 0 Å². The Morgan fingerprint density at radius 3 is 3.00 bits per heavy atom. The number of amides is 1. The molecule has 21 heavy (non-hydrogen) atoms. The third-order valence-corrected chi connectivity index (χ3v) is 3.97. The number of carbonyl (C=O) groups excluding carboxylic acids is 1. The van der Waals surface area contributed by atoms with Gasteiger partial charge in [-0.25, -0.2) is 0 Å². The summed E-state index contributed by atoms with van der Waals surface area (Å²) >= 11 is 0. The van der Waals surface area contributed by atoms with Crippen molar-refractivity contribution in [3.05, 3.63) is 24.0 Å². The lowest BCUT2D eigenvalue weighted by Gasteiger charge is -2.20. The molecule has 1 aliphatic heterocycles. The maximum absolute atomic E-state index is 12.2. The van der Waals surface area contributed by atoms with Crippen molar-refractivity contribution in [2.24, 2.45) is 5.92 Å². The Kier molecular flexibility index (Phi) is 5.56. The summed E-state index contributed by atoms with van der Waals surface area (Å²) in [5.74, 6) is 0.464. The number of likely N-dealkylation sites (tertiary alicyclic amines) is 1. The average molecular weight is 290 g/mol. The normalized spacial score (nSPS) is 19.0. The Morgan fingerprint density at radius 1 is 1.52 bits per heavy atom. The molecule has 0 bridgehead atoms. The Labute approximate surface area is 127 Å². The van der Waals surface area contributed by atoms with E-state index in [0.717, 1.165) is 38.3 Å². The fraction of sp³-hybridized carbons (Fsp3) is 0.625. The maximum Gasteiger partial charge on any atom is 0.269 e. The number of anilines is 1. The van der Waals surface area contributed by atoms with E-state index in [1.165, 1.54) is 0 Å². The molecule has 1 amide bonds. The molecule has 2 rings (SSSR count). The zero-order chi connectivity index (χ0) is 15.2. The number of aromatic nitrogens is 1. The highest BCUT2D eigenvalue weighted by molar-refractivity contribution is 5.93. The average Bonchev–Trinajstić information content (AvgIpc) is 2.94. The summed E-state index contributed by atoms with van der Waals surface area (Å²) in [6.45, 7) is 10.2. The molecule has 2 heterocycles. The topological polar surface area (TPSA) is 57.3 Å². The summed E-state index contributed by atoms with van der Waals surface area (Å²) in [6, 6.07) is 4.26. The van der Waals surface area contributed by atoms with Crippen molar-refractivity contribution in [3.8, 4) is 0 Å². The molecule has 1 unspecified atom stereocenters. The van der Waals surface area contributed by atoms with E-state index >= 15 is 0 Å². The molecule has 0 radical (unpaired) electrons. The van der Waals surface area contributed by atoms with E-state index in [9.17, 15) is 4.79 Å². The lowest BCUT2D eigenvalue weighted by molar-refractivity contribution is 0.0942. The van der Waals surface area contributed by atoms with Crippen molar-refractivity contribution in [1.29, 1.82) is 0 Å². The van der Waals surface area contributed by atoms with Crippen molar-refractivity contribution >= 4 is 11.6 Å². The SMILES string of the molecule is CCNc1ccnc(C(=O)NCC2CCN(C(C)C)C2)c1. The highest BCUT2D eigenvalue weighted by atomic mass is 16.1. The standard InChI is InChI=1S/C16H26N4O/c1-4-17-14-5-7-18-15(9-14)16(21)19-10-13-6-8-20(11-13)12(2)3/h5,7,9,12-13H,4,6,8,10-11H2,1-3H3,(H,17,18)(H,19,21). The molecule has 1 aromatic heterocycles. The Morgan fingerprint density at radius 2 is 2.33 bits per heavy atom. The zero-order valence-corrected chi connectivity index (χ0v) is 13.2. The predicted octanol–water partition coefficient (Wildman–Crippen LogP) is 1.97. The van der Waals surface area contributed by atoms with Gasteiger partial charge in [0, 0.05) is 37.6 Å². The van der Waals surface area contributed by atoms with Crippen LogP contribution in [0.4, 0.5) is 5.69 Å². The van der Waals surface area contributed by atoms with Gasteiger partial charge in [-0.05, 0) is 51.8 Å². The van der Waals surface area contributed by atoms with Crippen molar-refractivity contribution in [2.75, 3.05) is 31.5 Å². The minimum absolute atomic E-state index is 0.0854. The third kappa shape index (κ3) is 4.43. The fourth-order valence-corrected chi connectivity index (χ4v) is 2.69. The second-order valence-corrected chi connectivity index (χ2v) is 5.91. The van der Waals surface area contributed by atoms with Gasteiger partial charge in [-0.3, -0.25) is 9.78 Å².